The molecular weight excluding hydrogens is 352 g/mol. The Morgan fingerprint density at radius 2 is 1.86 bits per heavy atom. The minimum Gasteiger partial charge on any atom is -0.479 e. The maximum Gasteiger partial charge on any atom is 0.265 e. The zero-order valence-electron chi connectivity index (χ0n) is 11.4. The maximum atomic E-state index is 13.1. The number of anilines is 1. The molecule has 0 saturated heterocycles. The van der Waals surface area contributed by atoms with Crippen LogP contribution in [0.3, 0.4) is 0 Å². The Hall–Kier alpha value is -1.49. The molecule has 1 amide bonds. The zero-order chi connectivity index (χ0) is 16.3. The molecule has 3 nitrogen and oxygen atoms in total. The highest BCUT2D eigenvalue weighted by Gasteiger charge is 2.17. The van der Waals surface area contributed by atoms with Crippen molar-refractivity contribution in [2.45, 2.75) is 13.0 Å². The fraction of sp³-hybridized carbons (Fsp3) is 0.133. The first-order valence-electron chi connectivity index (χ1n) is 6.24. The van der Waals surface area contributed by atoms with Gasteiger partial charge in [-0.15, -0.1) is 0 Å². The predicted molar refractivity (Wildman–Crippen MR) is 86.6 cm³/mol. The van der Waals surface area contributed by atoms with E-state index < -0.39 is 17.8 Å². The first-order chi connectivity index (χ1) is 10.4. The molecule has 0 aromatic heterocycles. The third-order valence-electron chi connectivity index (χ3n) is 2.75. The number of hydrogen-bond acceptors (Lipinski definition) is 2. The van der Waals surface area contributed by atoms with E-state index in [0.717, 1.165) is 0 Å². The fourth-order valence-electron chi connectivity index (χ4n) is 1.63. The van der Waals surface area contributed by atoms with Crippen molar-refractivity contribution in [3.8, 4) is 5.75 Å². The highest BCUT2D eigenvalue weighted by Crippen LogP contribution is 2.28. The van der Waals surface area contributed by atoms with Crippen LogP contribution in [0.4, 0.5) is 10.1 Å². The van der Waals surface area contributed by atoms with E-state index in [-0.39, 0.29) is 5.02 Å². The van der Waals surface area contributed by atoms with E-state index in [1.807, 2.05) is 0 Å². The Bertz CT molecular complexity index is 709. The van der Waals surface area contributed by atoms with Gasteiger partial charge in [0.1, 0.15) is 11.6 Å². The monoisotopic (exact) mass is 361 g/mol. The Kier molecular flexibility index (Phi) is 5.51. The first-order valence-corrected chi connectivity index (χ1v) is 7.38. The molecule has 0 saturated carbocycles. The summed E-state index contributed by atoms with van der Waals surface area (Å²) in [6.07, 6.45) is -0.817. The molecule has 0 spiro atoms. The first kappa shape index (κ1) is 16.9. The summed E-state index contributed by atoms with van der Waals surface area (Å²) in [7, 11) is 0. The molecule has 1 N–H and O–H groups in total. The molecule has 2 aromatic rings. The standard InChI is InChI=1S/C15H11Cl3FNO2/c1-8(22-14-5-2-9(16)6-12(14)18)15(21)20-10-3-4-13(19)11(17)7-10/h2-8H,1H3,(H,20,21). The second kappa shape index (κ2) is 7.18. The quantitative estimate of drug-likeness (QED) is 0.812. The molecule has 2 aromatic carbocycles. The number of hydrogen-bond donors (Lipinski definition) is 1. The maximum absolute atomic E-state index is 13.1. The predicted octanol–water partition coefficient (Wildman–Crippen LogP) is 5.19. The third kappa shape index (κ3) is 4.26. The molecule has 2 rings (SSSR count). The van der Waals surface area contributed by atoms with Gasteiger partial charge in [0.15, 0.2) is 6.10 Å². The van der Waals surface area contributed by atoms with Gasteiger partial charge < -0.3 is 10.1 Å². The van der Waals surface area contributed by atoms with Crippen molar-refractivity contribution in [3.05, 3.63) is 57.3 Å². The summed E-state index contributed by atoms with van der Waals surface area (Å²) in [6.45, 7) is 1.56. The summed E-state index contributed by atoms with van der Waals surface area (Å²) >= 11 is 17.4. The lowest BCUT2D eigenvalue weighted by Gasteiger charge is -2.16. The smallest absolute Gasteiger partial charge is 0.265 e. The van der Waals surface area contributed by atoms with E-state index in [1.54, 1.807) is 19.1 Å². The lowest BCUT2D eigenvalue weighted by atomic mass is 10.3. The van der Waals surface area contributed by atoms with Crippen LogP contribution in [-0.4, -0.2) is 12.0 Å². The molecule has 7 heteroatoms. The van der Waals surface area contributed by atoms with E-state index in [1.165, 1.54) is 24.3 Å². The van der Waals surface area contributed by atoms with Crippen LogP contribution >= 0.6 is 34.8 Å². The molecule has 0 aliphatic rings. The Morgan fingerprint density at radius 3 is 2.50 bits per heavy atom. The van der Waals surface area contributed by atoms with Gasteiger partial charge >= 0.3 is 0 Å². The van der Waals surface area contributed by atoms with Crippen molar-refractivity contribution in [1.29, 1.82) is 0 Å². The molecule has 0 bridgehead atoms. The molecule has 0 heterocycles. The molecule has 116 valence electrons. The molecule has 0 aliphatic heterocycles. The van der Waals surface area contributed by atoms with Crippen LogP contribution in [0.25, 0.3) is 0 Å². The average Bonchev–Trinajstić information content (AvgIpc) is 2.45. The summed E-state index contributed by atoms with van der Waals surface area (Å²) in [4.78, 5) is 12.0. The summed E-state index contributed by atoms with van der Waals surface area (Å²) in [6, 6.07) is 8.58. The highest BCUT2D eigenvalue weighted by molar-refractivity contribution is 6.35. The van der Waals surface area contributed by atoms with Gasteiger partial charge in [-0.25, -0.2) is 4.39 Å². The molecule has 22 heavy (non-hydrogen) atoms. The van der Waals surface area contributed by atoms with Crippen molar-refractivity contribution in [2.24, 2.45) is 0 Å². The minimum atomic E-state index is -0.817. The number of rotatable bonds is 4. The van der Waals surface area contributed by atoms with E-state index in [2.05, 4.69) is 5.32 Å². The van der Waals surface area contributed by atoms with Gasteiger partial charge in [-0.1, -0.05) is 34.8 Å². The summed E-state index contributed by atoms with van der Waals surface area (Å²) < 4.78 is 18.5. The van der Waals surface area contributed by atoms with Crippen molar-refractivity contribution >= 4 is 46.4 Å². The van der Waals surface area contributed by atoms with Gasteiger partial charge in [0, 0.05) is 10.7 Å². The molecule has 0 aliphatic carbocycles. The number of halogens is 4. The SMILES string of the molecule is CC(Oc1ccc(Cl)cc1Cl)C(=O)Nc1ccc(F)c(Cl)c1. The van der Waals surface area contributed by atoms with E-state index in [0.29, 0.717) is 21.5 Å². The second-order valence-electron chi connectivity index (χ2n) is 4.45. The van der Waals surface area contributed by atoms with E-state index in [4.69, 9.17) is 39.5 Å². The van der Waals surface area contributed by atoms with Crippen LogP contribution in [0, 0.1) is 5.82 Å². The molecule has 0 radical (unpaired) electrons. The van der Waals surface area contributed by atoms with Gasteiger partial charge in [-0.05, 0) is 43.3 Å². The van der Waals surface area contributed by atoms with Crippen LogP contribution in [0.5, 0.6) is 5.75 Å². The average molecular weight is 363 g/mol. The Balaban J connectivity index is 2.04. The van der Waals surface area contributed by atoms with Crippen LogP contribution < -0.4 is 10.1 Å². The molecule has 1 atom stereocenters. The summed E-state index contributed by atoms with van der Waals surface area (Å²) in [5, 5.41) is 3.27. The van der Waals surface area contributed by atoms with Crippen molar-refractivity contribution < 1.29 is 13.9 Å². The topological polar surface area (TPSA) is 38.3 Å². The molecular formula is C15H11Cl3FNO2. The molecule has 0 fully saturated rings. The lowest BCUT2D eigenvalue weighted by Crippen LogP contribution is -2.30. The van der Waals surface area contributed by atoms with Crippen molar-refractivity contribution in [2.75, 3.05) is 5.32 Å². The largest absolute Gasteiger partial charge is 0.479 e. The second-order valence-corrected chi connectivity index (χ2v) is 5.70. The Labute approximate surface area is 141 Å². The zero-order valence-corrected chi connectivity index (χ0v) is 13.6. The summed E-state index contributed by atoms with van der Waals surface area (Å²) in [5.41, 5.74) is 0.369. The van der Waals surface area contributed by atoms with Crippen LogP contribution in [0.1, 0.15) is 6.92 Å². The number of amides is 1. The van der Waals surface area contributed by atoms with Crippen molar-refractivity contribution in [3.63, 3.8) is 0 Å². The number of ether oxygens (including phenoxy) is 1. The number of benzene rings is 2. The van der Waals surface area contributed by atoms with Crippen LogP contribution in [0.15, 0.2) is 36.4 Å². The minimum absolute atomic E-state index is 0.0767. The normalized spacial score (nSPS) is 11.9. The fourth-order valence-corrected chi connectivity index (χ4v) is 2.27. The van der Waals surface area contributed by atoms with Crippen molar-refractivity contribution in [1.82, 2.24) is 0 Å². The van der Waals surface area contributed by atoms with Crippen LogP contribution in [-0.2, 0) is 4.79 Å². The number of carbonyl (C=O) groups is 1. The summed E-state index contributed by atoms with van der Waals surface area (Å²) in [5.74, 6) is -0.642. The highest BCUT2D eigenvalue weighted by atomic mass is 35.5. The number of carbonyl (C=O) groups excluding carboxylic acids is 1. The van der Waals surface area contributed by atoms with Gasteiger partial charge in [0.25, 0.3) is 5.91 Å². The Morgan fingerprint density at radius 1 is 1.14 bits per heavy atom. The third-order valence-corrected chi connectivity index (χ3v) is 3.57. The number of nitrogens with one attached hydrogen (secondary N) is 1. The van der Waals surface area contributed by atoms with Gasteiger partial charge in [0.05, 0.1) is 10.0 Å². The van der Waals surface area contributed by atoms with E-state index >= 15 is 0 Å². The van der Waals surface area contributed by atoms with Gasteiger partial charge in [0.2, 0.25) is 0 Å². The van der Waals surface area contributed by atoms with Crippen LogP contribution in [0.2, 0.25) is 15.1 Å². The van der Waals surface area contributed by atoms with E-state index in [9.17, 15) is 9.18 Å². The lowest BCUT2D eigenvalue weighted by molar-refractivity contribution is -0.122. The van der Waals surface area contributed by atoms with Gasteiger partial charge in [-0.3, -0.25) is 4.79 Å². The molecule has 1 unspecified atom stereocenters. The van der Waals surface area contributed by atoms with Gasteiger partial charge in [-0.2, -0.15) is 0 Å².